The molecule has 0 saturated heterocycles. The average molecular weight is 332 g/mol. The van der Waals surface area contributed by atoms with E-state index in [1.807, 2.05) is 0 Å². The Bertz CT molecular complexity index is 839. The van der Waals surface area contributed by atoms with Gasteiger partial charge in [0, 0.05) is 35.1 Å². The molecule has 2 N–H and O–H groups in total. The van der Waals surface area contributed by atoms with E-state index in [2.05, 4.69) is 20.6 Å². The molecule has 3 rings (SSSR count). The number of rotatable bonds is 3. The number of pyridine rings is 1. The molecular formula is C15H10F2N4OS. The molecule has 2 amide bonds. The minimum Gasteiger partial charge on any atom is -0.308 e. The van der Waals surface area contributed by atoms with Crippen LogP contribution in [-0.2, 0) is 0 Å². The van der Waals surface area contributed by atoms with E-state index in [1.54, 1.807) is 29.9 Å². The molecule has 0 atom stereocenters. The van der Waals surface area contributed by atoms with Crippen LogP contribution in [0.15, 0.2) is 48.1 Å². The molecule has 0 aliphatic rings. The van der Waals surface area contributed by atoms with Crippen LogP contribution in [0.2, 0.25) is 0 Å². The van der Waals surface area contributed by atoms with Gasteiger partial charge in [-0.1, -0.05) is 0 Å². The van der Waals surface area contributed by atoms with Gasteiger partial charge in [-0.3, -0.25) is 10.3 Å². The van der Waals surface area contributed by atoms with Crippen LogP contribution >= 0.6 is 11.3 Å². The lowest BCUT2D eigenvalue weighted by Crippen LogP contribution is -2.19. The minimum atomic E-state index is -1.03. The Balaban J connectivity index is 1.66. The normalized spacial score (nSPS) is 10.3. The molecule has 0 aliphatic heterocycles. The number of nitrogens with zero attached hydrogens (tertiary/aromatic N) is 2. The Hall–Kier alpha value is -2.87. The highest BCUT2D eigenvalue weighted by Crippen LogP contribution is 2.24. The molecule has 23 heavy (non-hydrogen) atoms. The van der Waals surface area contributed by atoms with Gasteiger partial charge in [-0.25, -0.2) is 18.6 Å². The number of amides is 2. The lowest BCUT2D eigenvalue weighted by molar-refractivity contribution is 0.262. The quantitative estimate of drug-likeness (QED) is 0.758. The van der Waals surface area contributed by atoms with Gasteiger partial charge in [-0.2, -0.15) is 0 Å². The van der Waals surface area contributed by atoms with Crippen LogP contribution in [-0.4, -0.2) is 16.0 Å². The summed E-state index contributed by atoms with van der Waals surface area (Å²) in [5.41, 5.74) is 1.73. The number of carbonyl (C=O) groups excluding carboxylic acids is 1. The van der Waals surface area contributed by atoms with E-state index in [0.717, 1.165) is 17.7 Å². The lowest BCUT2D eigenvalue weighted by atomic mass is 10.2. The molecule has 8 heteroatoms. The van der Waals surface area contributed by atoms with Crippen molar-refractivity contribution in [3.63, 3.8) is 0 Å². The second-order valence-electron chi connectivity index (χ2n) is 4.48. The van der Waals surface area contributed by atoms with Crippen molar-refractivity contribution < 1.29 is 13.6 Å². The predicted molar refractivity (Wildman–Crippen MR) is 84.3 cm³/mol. The molecule has 1 aromatic carbocycles. The van der Waals surface area contributed by atoms with Crippen molar-refractivity contribution in [2.45, 2.75) is 0 Å². The van der Waals surface area contributed by atoms with E-state index >= 15 is 0 Å². The molecule has 5 nitrogen and oxygen atoms in total. The SMILES string of the molecule is O=C(Nc1ccc(F)c(F)c1)Nc1nc(-c2ccncc2)cs1. The highest BCUT2D eigenvalue weighted by atomic mass is 32.1. The zero-order chi connectivity index (χ0) is 16.2. The van der Waals surface area contributed by atoms with E-state index in [0.29, 0.717) is 10.8 Å². The van der Waals surface area contributed by atoms with Crippen LogP contribution < -0.4 is 10.6 Å². The lowest BCUT2D eigenvalue weighted by Gasteiger charge is -2.05. The number of aromatic nitrogens is 2. The summed E-state index contributed by atoms with van der Waals surface area (Å²) in [7, 11) is 0. The smallest absolute Gasteiger partial charge is 0.308 e. The third kappa shape index (κ3) is 3.67. The van der Waals surface area contributed by atoms with Crippen LogP contribution in [0.25, 0.3) is 11.3 Å². The number of nitrogens with one attached hydrogen (secondary N) is 2. The van der Waals surface area contributed by atoms with Gasteiger partial charge >= 0.3 is 6.03 Å². The largest absolute Gasteiger partial charge is 0.325 e. The number of anilines is 2. The summed E-state index contributed by atoms with van der Waals surface area (Å²) in [5, 5.41) is 7.13. The van der Waals surface area contributed by atoms with Crippen molar-refractivity contribution in [1.82, 2.24) is 9.97 Å². The monoisotopic (exact) mass is 332 g/mol. The molecule has 0 saturated carbocycles. The number of carbonyl (C=O) groups is 1. The van der Waals surface area contributed by atoms with E-state index in [1.165, 1.54) is 17.4 Å². The summed E-state index contributed by atoms with van der Waals surface area (Å²) < 4.78 is 25.9. The van der Waals surface area contributed by atoms with E-state index in [-0.39, 0.29) is 5.69 Å². The number of urea groups is 1. The van der Waals surface area contributed by atoms with E-state index < -0.39 is 17.7 Å². The Morgan fingerprint density at radius 1 is 1.04 bits per heavy atom. The summed E-state index contributed by atoms with van der Waals surface area (Å²) >= 11 is 1.25. The van der Waals surface area contributed by atoms with Crippen LogP contribution in [0.5, 0.6) is 0 Å². The molecule has 3 aromatic rings. The second kappa shape index (κ2) is 6.49. The molecule has 0 spiro atoms. The molecule has 0 unspecified atom stereocenters. The molecule has 0 fully saturated rings. The summed E-state index contributed by atoms with van der Waals surface area (Å²) in [4.78, 5) is 20.0. The van der Waals surface area contributed by atoms with Crippen molar-refractivity contribution in [2.24, 2.45) is 0 Å². The zero-order valence-electron chi connectivity index (χ0n) is 11.6. The third-order valence-electron chi connectivity index (χ3n) is 2.88. The standard InChI is InChI=1S/C15H10F2N4OS/c16-11-2-1-10(7-12(11)17)19-14(22)21-15-20-13(8-23-15)9-3-5-18-6-4-9/h1-8H,(H2,19,20,21,22). The third-order valence-corrected chi connectivity index (χ3v) is 3.64. The van der Waals surface area contributed by atoms with Gasteiger partial charge in [0.1, 0.15) is 0 Å². The summed E-state index contributed by atoms with van der Waals surface area (Å²) in [5.74, 6) is -2.00. The van der Waals surface area contributed by atoms with Crippen molar-refractivity contribution in [2.75, 3.05) is 10.6 Å². The van der Waals surface area contributed by atoms with Crippen molar-refractivity contribution in [1.29, 1.82) is 0 Å². The highest BCUT2D eigenvalue weighted by Gasteiger charge is 2.09. The number of halogens is 2. The first-order chi connectivity index (χ1) is 11.1. The Labute approximate surface area is 134 Å². The van der Waals surface area contributed by atoms with Crippen molar-refractivity contribution in [3.05, 3.63) is 59.7 Å². The van der Waals surface area contributed by atoms with Gasteiger partial charge in [0.2, 0.25) is 0 Å². The fraction of sp³-hybridized carbons (Fsp3) is 0. The predicted octanol–water partition coefficient (Wildman–Crippen LogP) is 4.13. The molecule has 0 radical (unpaired) electrons. The van der Waals surface area contributed by atoms with E-state index in [4.69, 9.17) is 0 Å². The minimum absolute atomic E-state index is 0.146. The van der Waals surface area contributed by atoms with Crippen LogP contribution in [0.1, 0.15) is 0 Å². The molecule has 0 bridgehead atoms. The first-order valence-corrected chi connectivity index (χ1v) is 7.39. The van der Waals surface area contributed by atoms with E-state index in [9.17, 15) is 13.6 Å². The van der Waals surface area contributed by atoms with Crippen molar-refractivity contribution >= 4 is 28.2 Å². The molecular weight excluding hydrogens is 322 g/mol. The van der Waals surface area contributed by atoms with Crippen LogP contribution in [0.4, 0.5) is 24.4 Å². The average Bonchev–Trinajstić information content (AvgIpc) is 3.00. The number of hydrogen-bond donors (Lipinski definition) is 2. The fourth-order valence-corrected chi connectivity index (χ4v) is 2.53. The maximum absolute atomic E-state index is 13.1. The second-order valence-corrected chi connectivity index (χ2v) is 5.34. The van der Waals surface area contributed by atoms with Crippen LogP contribution in [0.3, 0.4) is 0 Å². The molecule has 116 valence electrons. The van der Waals surface area contributed by atoms with Gasteiger partial charge in [0.05, 0.1) is 5.69 Å². The molecule has 0 aliphatic carbocycles. The van der Waals surface area contributed by atoms with Gasteiger partial charge < -0.3 is 5.32 Å². The Kier molecular flexibility index (Phi) is 4.24. The fourth-order valence-electron chi connectivity index (χ4n) is 1.82. The van der Waals surface area contributed by atoms with Crippen molar-refractivity contribution in [3.8, 4) is 11.3 Å². The van der Waals surface area contributed by atoms with Gasteiger partial charge in [0.15, 0.2) is 16.8 Å². The number of hydrogen-bond acceptors (Lipinski definition) is 4. The van der Waals surface area contributed by atoms with Gasteiger partial charge in [-0.05, 0) is 24.3 Å². The van der Waals surface area contributed by atoms with Gasteiger partial charge in [0.25, 0.3) is 0 Å². The summed E-state index contributed by atoms with van der Waals surface area (Å²) in [6.07, 6.45) is 3.30. The Morgan fingerprint density at radius 3 is 2.57 bits per heavy atom. The summed E-state index contributed by atoms with van der Waals surface area (Å²) in [6.45, 7) is 0. The first-order valence-electron chi connectivity index (χ1n) is 6.51. The maximum Gasteiger partial charge on any atom is 0.325 e. The molecule has 2 aromatic heterocycles. The Morgan fingerprint density at radius 2 is 1.83 bits per heavy atom. The maximum atomic E-state index is 13.1. The summed E-state index contributed by atoms with van der Waals surface area (Å²) in [6, 6.07) is 6.13. The number of thiazole rings is 1. The zero-order valence-corrected chi connectivity index (χ0v) is 12.4. The molecule has 2 heterocycles. The highest BCUT2D eigenvalue weighted by molar-refractivity contribution is 7.14. The number of benzene rings is 1. The first kappa shape index (κ1) is 15.0. The van der Waals surface area contributed by atoms with Gasteiger partial charge in [-0.15, -0.1) is 11.3 Å². The van der Waals surface area contributed by atoms with Crippen LogP contribution in [0, 0.1) is 11.6 Å². The topological polar surface area (TPSA) is 66.9 Å².